The number of nitrogens with zero attached hydrogens (tertiary/aromatic N) is 1. The lowest BCUT2D eigenvalue weighted by Crippen LogP contribution is -2.37. The van der Waals surface area contributed by atoms with E-state index in [-0.39, 0.29) is 23.5 Å². The van der Waals surface area contributed by atoms with E-state index >= 15 is 0 Å². The van der Waals surface area contributed by atoms with Crippen LogP contribution in [0.1, 0.15) is 39.5 Å². The molecule has 0 aliphatic carbocycles. The lowest BCUT2D eigenvalue weighted by Gasteiger charge is -2.26. The summed E-state index contributed by atoms with van der Waals surface area (Å²) in [6.45, 7) is 7.38. The highest BCUT2D eigenvalue weighted by atomic mass is 16.5. The number of hydrogen-bond acceptors (Lipinski definition) is 4. The van der Waals surface area contributed by atoms with Crippen LogP contribution in [0.2, 0.25) is 0 Å². The summed E-state index contributed by atoms with van der Waals surface area (Å²) in [6.07, 6.45) is 2.43. The SMILES string of the molecule is CCCC(C)C/C(C(=O)O)=C(/CCN1CCOCC1)C(=O)O. The minimum absolute atomic E-state index is 0.0435. The van der Waals surface area contributed by atoms with Gasteiger partial charge in [-0.05, 0) is 18.8 Å². The molecule has 0 spiro atoms. The Morgan fingerprint density at radius 2 is 1.73 bits per heavy atom. The van der Waals surface area contributed by atoms with Crippen LogP contribution in [0.25, 0.3) is 0 Å². The highest BCUT2D eigenvalue weighted by Crippen LogP contribution is 2.22. The summed E-state index contributed by atoms with van der Waals surface area (Å²) in [7, 11) is 0. The number of ether oxygens (including phenoxy) is 1. The number of rotatable bonds is 9. The Bertz CT molecular complexity index is 413. The van der Waals surface area contributed by atoms with Crippen molar-refractivity contribution >= 4 is 11.9 Å². The van der Waals surface area contributed by atoms with Crippen molar-refractivity contribution in [2.24, 2.45) is 5.92 Å². The maximum atomic E-state index is 11.5. The van der Waals surface area contributed by atoms with E-state index in [2.05, 4.69) is 4.90 Å². The first-order valence-corrected chi connectivity index (χ1v) is 7.94. The molecule has 1 aliphatic rings. The second-order valence-corrected chi connectivity index (χ2v) is 5.87. The van der Waals surface area contributed by atoms with Crippen molar-refractivity contribution in [2.75, 3.05) is 32.8 Å². The third-order valence-electron chi connectivity index (χ3n) is 4.00. The third-order valence-corrected chi connectivity index (χ3v) is 4.00. The van der Waals surface area contributed by atoms with Gasteiger partial charge in [-0.3, -0.25) is 4.90 Å². The zero-order valence-electron chi connectivity index (χ0n) is 13.5. The number of hydrogen-bond donors (Lipinski definition) is 2. The minimum atomic E-state index is -1.12. The minimum Gasteiger partial charge on any atom is -0.478 e. The molecule has 1 atom stereocenters. The summed E-state index contributed by atoms with van der Waals surface area (Å²) in [5.41, 5.74) is 0.101. The molecule has 22 heavy (non-hydrogen) atoms. The van der Waals surface area contributed by atoms with Gasteiger partial charge in [0.15, 0.2) is 0 Å². The highest BCUT2D eigenvalue weighted by molar-refractivity contribution is 5.98. The van der Waals surface area contributed by atoms with Gasteiger partial charge in [-0.25, -0.2) is 9.59 Å². The van der Waals surface area contributed by atoms with Gasteiger partial charge in [-0.1, -0.05) is 26.7 Å². The topological polar surface area (TPSA) is 87.1 Å². The molecule has 0 aromatic rings. The summed E-state index contributed by atoms with van der Waals surface area (Å²) >= 11 is 0. The second kappa shape index (κ2) is 9.58. The Labute approximate surface area is 131 Å². The van der Waals surface area contributed by atoms with Crippen LogP contribution in [0.4, 0.5) is 0 Å². The van der Waals surface area contributed by atoms with Crippen LogP contribution in [-0.4, -0.2) is 59.9 Å². The molecule has 1 rings (SSSR count). The normalized spacial score (nSPS) is 18.6. The largest absolute Gasteiger partial charge is 0.478 e. The van der Waals surface area contributed by atoms with Gasteiger partial charge in [-0.15, -0.1) is 0 Å². The van der Waals surface area contributed by atoms with E-state index in [4.69, 9.17) is 4.74 Å². The number of carboxylic acids is 2. The van der Waals surface area contributed by atoms with E-state index < -0.39 is 11.9 Å². The first-order chi connectivity index (χ1) is 10.5. The number of morpholine rings is 1. The van der Waals surface area contributed by atoms with Gasteiger partial charge >= 0.3 is 11.9 Å². The van der Waals surface area contributed by atoms with Gasteiger partial charge in [0.1, 0.15) is 0 Å². The van der Waals surface area contributed by atoms with Crippen LogP contribution in [0.5, 0.6) is 0 Å². The Kier molecular flexibility index (Phi) is 8.12. The molecule has 1 aliphatic heterocycles. The Morgan fingerprint density at radius 3 is 2.23 bits per heavy atom. The van der Waals surface area contributed by atoms with Crippen LogP contribution in [-0.2, 0) is 14.3 Å². The van der Waals surface area contributed by atoms with Gasteiger partial charge in [-0.2, -0.15) is 0 Å². The van der Waals surface area contributed by atoms with Crippen molar-refractivity contribution in [1.82, 2.24) is 4.90 Å². The molecule has 6 heteroatoms. The molecule has 1 saturated heterocycles. The Balaban J connectivity index is 2.80. The van der Waals surface area contributed by atoms with E-state index in [0.717, 1.165) is 25.9 Å². The molecule has 0 aromatic heterocycles. The predicted molar refractivity (Wildman–Crippen MR) is 82.9 cm³/mol. The molecule has 2 N–H and O–H groups in total. The van der Waals surface area contributed by atoms with E-state index in [9.17, 15) is 19.8 Å². The Hall–Kier alpha value is -1.40. The third kappa shape index (κ3) is 6.15. The first kappa shape index (κ1) is 18.6. The van der Waals surface area contributed by atoms with Crippen molar-refractivity contribution in [3.8, 4) is 0 Å². The monoisotopic (exact) mass is 313 g/mol. The molecule has 0 bridgehead atoms. The average molecular weight is 313 g/mol. The van der Waals surface area contributed by atoms with Gasteiger partial charge in [0.25, 0.3) is 0 Å². The molecule has 0 amide bonds. The van der Waals surface area contributed by atoms with Gasteiger partial charge in [0.05, 0.1) is 13.2 Å². The van der Waals surface area contributed by atoms with Crippen LogP contribution >= 0.6 is 0 Å². The van der Waals surface area contributed by atoms with Crippen molar-refractivity contribution < 1.29 is 24.5 Å². The first-order valence-electron chi connectivity index (χ1n) is 7.94. The van der Waals surface area contributed by atoms with Crippen molar-refractivity contribution in [3.05, 3.63) is 11.1 Å². The predicted octanol–water partition coefficient (Wildman–Crippen LogP) is 2.00. The van der Waals surface area contributed by atoms with Gasteiger partial charge in [0, 0.05) is 30.8 Å². The lowest BCUT2D eigenvalue weighted by molar-refractivity contribution is -0.136. The molecule has 126 valence electrons. The molecule has 1 fully saturated rings. The highest BCUT2D eigenvalue weighted by Gasteiger charge is 2.23. The molecule has 0 saturated carbocycles. The fourth-order valence-corrected chi connectivity index (χ4v) is 2.76. The van der Waals surface area contributed by atoms with E-state index in [1.54, 1.807) is 0 Å². The fraction of sp³-hybridized carbons (Fsp3) is 0.750. The van der Waals surface area contributed by atoms with Crippen LogP contribution in [0.15, 0.2) is 11.1 Å². The lowest BCUT2D eigenvalue weighted by atomic mass is 9.92. The molecule has 1 unspecified atom stereocenters. The molecule has 6 nitrogen and oxygen atoms in total. The number of carbonyl (C=O) groups is 2. The fourth-order valence-electron chi connectivity index (χ4n) is 2.76. The zero-order chi connectivity index (χ0) is 16.5. The average Bonchev–Trinajstić information content (AvgIpc) is 2.47. The molecular formula is C16H27NO5. The smallest absolute Gasteiger partial charge is 0.332 e. The van der Waals surface area contributed by atoms with E-state index in [1.807, 2.05) is 13.8 Å². The van der Waals surface area contributed by atoms with Crippen molar-refractivity contribution in [2.45, 2.75) is 39.5 Å². The molecule has 0 radical (unpaired) electrons. The van der Waals surface area contributed by atoms with Gasteiger partial charge in [0.2, 0.25) is 0 Å². The summed E-state index contributed by atoms with van der Waals surface area (Å²) in [5.74, 6) is -2.05. The maximum Gasteiger partial charge on any atom is 0.332 e. The summed E-state index contributed by atoms with van der Waals surface area (Å²) in [4.78, 5) is 25.1. The summed E-state index contributed by atoms with van der Waals surface area (Å²) < 4.78 is 5.26. The van der Waals surface area contributed by atoms with E-state index in [0.29, 0.717) is 26.2 Å². The van der Waals surface area contributed by atoms with Crippen molar-refractivity contribution in [1.29, 1.82) is 0 Å². The summed E-state index contributed by atoms with van der Waals surface area (Å²) in [6, 6.07) is 0. The number of aliphatic carboxylic acids is 2. The molecular weight excluding hydrogens is 286 g/mol. The van der Waals surface area contributed by atoms with Crippen LogP contribution in [0, 0.1) is 5.92 Å². The Morgan fingerprint density at radius 1 is 1.14 bits per heavy atom. The zero-order valence-corrected chi connectivity index (χ0v) is 13.5. The standard InChI is InChI=1S/C16H27NO5/c1-3-4-12(2)11-14(16(20)21)13(15(18)19)5-6-17-7-9-22-10-8-17/h12H,3-11H2,1-2H3,(H,18,19)(H,20,21)/b14-13+. The quantitative estimate of drug-likeness (QED) is 0.633. The van der Waals surface area contributed by atoms with Crippen LogP contribution < -0.4 is 0 Å². The molecule has 1 heterocycles. The van der Waals surface area contributed by atoms with Gasteiger partial charge < -0.3 is 14.9 Å². The number of carboxylic acid groups (broad SMARTS) is 2. The van der Waals surface area contributed by atoms with Crippen molar-refractivity contribution in [3.63, 3.8) is 0 Å². The second-order valence-electron chi connectivity index (χ2n) is 5.87. The summed E-state index contributed by atoms with van der Waals surface area (Å²) in [5, 5.41) is 18.8. The van der Waals surface area contributed by atoms with Crippen LogP contribution in [0.3, 0.4) is 0 Å². The molecule has 0 aromatic carbocycles. The maximum absolute atomic E-state index is 11.5. The van der Waals surface area contributed by atoms with E-state index in [1.165, 1.54) is 0 Å².